The fraction of sp³-hybridized carbons (Fsp3) is 0.250. The number of ether oxygens (including phenoxy) is 1. The number of carbonyl (C=O) groups excluding carboxylic acids is 2. The van der Waals surface area contributed by atoms with Crippen LogP contribution in [0.15, 0.2) is 53.5 Å². The Morgan fingerprint density at radius 2 is 1.96 bits per heavy atom. The minimum absolute atomic E-state index is 0.0361. The Balaban J connectivity index is 1.96. The highest BCUT2D eigenvalue weighted by atomic mass is 32.1. The van der Waals surface area contributed by atoms with E-state index in [1.165, 1.54) is 11.3 Å². The molecule has 5 nitrogen and oxygen atoms in total. The van der Waals surface area contributed by atoms with Crippen molar-refractivity contribution in [1.82, 2.24) is 4.57 Å². The lowest BCUT2D eigenvalue weighted by atomic mass is 10.1. The molecule has 1 aromatic heterocycles. The van der Waals surface area contributed by atoms with Crippen molar-refractivity contribution >= 4 is 33.4 Å². The second kappa shape index (κ2) is 8.10. The van der Waals surface area contributed by atoms with Crippen LogP contribution < -0.4 is 4.80 Å². The van der Waals surface area contributed by atoms with E-state index >= 15 is 0 Å². The Bertz CT molecular complexity index is 1020. The summed E-state index contributed by atoms with van der Waals surface area (Å²) in [5.74, 6) is -0.580. The van der Waals surface area contributed by atoms with Crippen molar-refractivity contribution in [2.24, 2.45) is 4.99 Å². The van der Waals surface area contributed by atoms with Crippen molar-refractivity contribution < 1.29 is 14.3 Å². The van der Waals surface area contributed by atoms with Crippen LogP contribution in [0.5, 0.6) is 0 Å². The summed E-state index contributed by atoms with van der Waals surface area (Å²) in [6.45, 7) is 4.12. The molecule has 0 bridgehead atoms. The van der Waals surface area contributed by atoms with E-state index in [9.17, 15) is 9.59 Å². The van der Waals surface area contributed by atoms with Crippen molar-refractivity contribution in [3.05, 3.63) is 64.5 Å². The summed E-state index contributed by atoms with van der Waals surface area (Å²) in [5.41, 5.74) is 2.90. The summed E-state index contributed by atoms with van der Waals surface area (Å²) in [6, 6.07) is 15.5. The number of fused-ring (bicyclic) bond motifs is 1. The lowest BCUT2D eigenvalue weighted by Crippen LogP contribution is -2.23. The first kappa shape index (κ1) is 18.1. The molecule has 0 saturated heterocycles. The van der Waals surface area contributed by atoms with E-state index in [0.717, 1.165) is 21.3 Å². The fourth-order valence-electron chi connectivity index (χ4n) is 2.74. The van der Waals surface area contributed by atoms with Crippen LogP contribution in [0, 0.1) is 6.92 Å². The third kappa shape index (κ3) is 4.26. The van der Waals surface area contributed by atoms with E-state index in [1.807, 2.05) is 55.5 Å². The predicted octanol–water partition coefficient (Wildman–Crippen LogP) is 3.24. The molecule has 1 heterocycles. The Labute approximate surface area is 155 Å². The van der Waals surface area contributed by atoms with E-state index in [4.69, 9.17) is 4.74 Å². The van der Waals surface area contributed by atoms with Gasteiger partial charge in [0, 0.05) is 0 Å². The second-order valence-corrected chi connectivity index (χ2v) is 6.92. The number of para-hydroxylation sites is 1. The molecule has 0 radical (unpaired) electrons. The minimum atomic E-state index is -0.344. The molecule has 134 valence electrons. The molecule has 1 amide bonds. The predicted molar refractivity (Wildman–Crippen MR) is 102 cm³/mol. The number of hydrogen-bond donors (Lipinski definition) is 0. The van der Waals surface area contributed by atoms with Crippen molar-refractivity contribution in [1.29, 1.82) is 0 Å². The van der Waals surface area contributed by atoms with Gasteiger partial charge < -0.3 is 9.30 Å². The summed E-state index contributed by atoms with van der Waals surface area (Å²) >= 11 is 1.39. The number of rotatable bonds is 5. The summed E-state index contributed by atoms with van der Waals surface area (Å²) in [7, 11) is 0. The van der Waals surface area contributed by atoms with Crippen LogP contribution >= 0.6 is 11.3 Å². The smallest absolute Gasteiger partial charge is 0.326 e. The number of benzene rings is 2. The zero-order valence-corrected chi connectivity index (χ0v) is 15.6. The number of aryl methyl sites for hydroxylation is 1. The SMILES string of the molecule is CCOC(=O)Cn1c(=NC(=O)Cc2cccc(C)c2)sc2ccccc21. The first-order chi connectivity index (χ1) is 12.6. The van der Waals surface area contributed by atoms with Gasteiger partial charge in [0.15, 0.2) is 4.80 Å². The highest BCUT2D eigenvalue weighted by Gasteiger charge is 2.12. The Kier molecular flexibility index (Phi) is 5.63. The van der Waals surface area contributed by atoms with Crippen LogP contribution in [-0.2, 0) is 27.3 Å². The van der Waals surface area contributed by atoms with Gasteiger partial charge in [0.25, 0.3) is 5.91 Å². The van der Waals surface area contributed by atoms with Crippen LogP contribution in [0.1, 0.15) is 18.1 Å². The maximum Gasteiger partial charge on any atom is 0.326 e. The Hall–Kier alpha value is -2.73. The first-order valence-corrected chi connectivity index (χ1v) is 9.25. The molecular weight excluding hydrogens is 348 g/mol. The number of carbonyl (C=O) groups is 2. The number of thiazole rings is 1. The van der Waals surface area contributed by atoms with Gasteiger partial charge in [-0.2, -0.15) is 4.99 Å². The number of aromatic nitrogens is 1. The van der Waals surface area contributed by atoms with Crippen LogP contribution in [0.25, 0.3) is 10.2 Å². The van der Waals surface area contributed by atoms with Gasteiger partial charge in [0.2, 0.25) is 0 Å². The quantitative estimate of drug-likeness (QED) is 0.650. The number of amides is 1. The van der Waals surface area contributed by atoms with Crippen LogP contribution in [-0.4, -0.2) is 23.1 Å². The summed E-state index contributed by atoms with van der Waals surface area (Å²) in [6.07, 6.45) is 0.231. The van der Waals surface area contributed by atoms with E-state index in [2.05, 4.69) is 4.99 Å². The highest BCUT2D eigenvalue weighted by molar-refractivity contribution is 7.16. The number of esters is 1. The molecule has 0 aliphatic heterocycles. The van der Waals surface area contributed by atoms with E-state index in [0.29, 0.717) is 11.4 Å². The van der Waals surface area contributed by atoms with E-state index in [1.54, 1.807) is 11.5 Å². The normalized spacial score (nSPS) is 11.7. The van der Waals surface area contributed by atoms with Crippen molar-refractivity contribution in [2.75, 3.05) is 6.61 Å². The van der Waals surface area contributed by atoms with Gasteiger partial charge in [0.05, 0.1) is 23.2 Å². The molecule has 2 aromatic carbocycles. The van der Waals surface area contributed by atoms with Crippen LogP contribution in [0.4, 0.5) is 0 Å². The molecule has 0 aliphatic carbocycles. The Morgan fingerprint density at radius 3 is 2.73 bits per heavy atom. The molecule has 0 unspecified atom stereocenters. The fourth-order valence-corrected chi connectivity index (χ4v) is 3.78. The zero-order chi connectivity index (χ0) is 18.5. The molecule has 6 heteroatoms. The lowest BCUT2D eigenvalue weighted by molar-refractivity contribution is -0.143. The molecule has 26 heavy (non-hydrogen) atoms. The van der Waals surface area contributed by atoms with Crippen molar-refractivity contribution in [2.45, 2.75) is 26.8 Å². The van der Waals surface area contributed by atoms with Gasteiger partial charge >= 0.3 is 5.97 Å². The minimum Gasteiger partial charge on any atom is -0.465 e. The van der Waals surface area contributed by atoms with Crippen molar-refractivity contribution in [3.8, 4) is 0 Å². The molecule has 0 fully saturated rings. The molecule has 0 N–H and O–H groups in total. The topological polar surface area (TPSA) is 60.7 Å². The standard InChI is InChI=1S/C20H20N2O3S/c1-3-25-19(24)13-22-16-9-4-5-10-17(16)26-20(22)21-18(23)12-15-8-6-7-14(2)11-15/h4-11H,3,12-13H2,1-2H3. The van der Waals surface area contributed by atoms with E-state index in [-0.39, 0.29) is 24.8 Å². The third-order valence-electron chi connectivity index (χ3n) is 3.84. The summed E-state index contributed by atoms with van der Waals surface area (Å²) < 4.78 is 7.76. The molecule has 3 rings (SSSR count). The molecule has 3 aromatic rings. The average Bonchev–Trinajstić information content (AvgIpc) is 2.92. The monoisotopic (exact) mass is 368 g/mol. The summed E-state index contributed by atoms with van der Waals surface area (Å²) in [4.78, 5) is 29.2. The molecule has 0 spiro atoms. The van der Waals surface area contributed by atoms with E-state index < -0.39 is 0 Å². The van der Waals surface area contributed by atoms with Crippen LogP contribution in [0.3, 0.4) is 0 Å². The molecular formula is C20H20N2O3S. The molecule has 0 aliphatic rings. The van der Waals surface area contributed by atoms with Gasteiger partial charge in [0.1, 0.15) is 6.54 Å². The highest BCUT2D eigenvalue weighted by Crippen LogP contribution is 2.17. The Morgan fingerprint density at radius 1 is 1.15 bits per heavy atom. The van der Waals surface area contributed by atoms with Crippen molar-refractivity contribution in [3.63, 3.8) is 0 Å². The number of hydrogen-bond acceptors (Lipinski definition) is 4. The number of nitrogens with zero attached hydrogens (tertiary/aromatic N) is 2. The second-order valence-electron chi connectivity index (χ2n) is 5.91. The van der Waals surface area contributed by atoms with Gasteiger partial charge in [-0.1, -0.05) is 53.3 Å². The summed E-state index contributed by atoms with van der Waals surface area (Å²) in [5, 5.41) is 0. The van der Waals surface area contributed by atoms with Gasteiger partial charge in [-0.15, -0.1) is 0 Å². The third-order valence-corrected chi connectivity index (χ3v) is 4.90. The zero-order valence-electron chi connectivity index (χ0n) is 14.8. The maximum absolute atomic E-state index is 12.4. The molecule has 0 saturated carbocycles. The first-order valence-electron chi connectivity index (χ1n) is 8.44. The van der Waals surface area contributed by atoms with Gasteiger partial charge in [-0.25, -0.2) is 0 Å². The average molecular weight is 368 g/mol. The molecule has 0 atom stereocenters. The van der Waals surface area contributed by atoms with Crippen LogP contribution in [0.2, 0.25) is 0 Å². The lowest BCUT2D eigenvalue weighted by Gasteiger charge is -2.05. The largest absolute Gasteiger partial charge is 0.465 e. The maximum atomic E-state index is 12.4. The van der Waals surface area contributed by atoms with Gasteiger partial charge in [-0.05, 0) is 31.5 Å². The van der Waals surface area contributed by atoms with Gasteiger partial charge in [-0.3, -0.25) is 9.59 Å².